The van der Waals surface area contributed by atoms with Crippen LogP contribution in [-0.4, -0.2) is 41.5 Å². The number of rotatable bonds is 5. The van der Waals surface area contributed by atoms with E-state index in [1.54, 1.807) is 12.1 Å². The number of benzene rings is 2. The molecule has 2 aromatic rings. The number of hydrogen-bond acceptors (Lipinski definition) is 6. The van der Waals surface area contributed by atoms with Gasteiger partial charge in [-0.1, -0.05) is 49.2 Å². The quantitative estimate of drug-likeness (QED) is 0.463. The van der Waals surface area contributed by atoms with Crippen molar-refractivity contribution in [2.45, 2.75) is 30.6 Å². The van der Waals surface area contributed by atoms with Gasteiger partial charge in [-0.25, -0.2) is 4.31 Å². The Morgan fingerprint density at radius 3 is 2.82 bits per heavy atom. The number of fused-ring (bicyclic) bond motifs is 1. The zero-order valence-corrected chi connectivity index (χ0v) is 16.7. The van der Waals surface area contributed by atoms with Crippen LogP contribution in [0.3, 0.4) is 0 Å². The molecule has 1 saturated heterocycles. The van der Waals surface area contributed by atoms with Crippen LogP contribution in [-0.2, 0) is 0 Å². The molecule has 0 saturated carbocycles. The molecule has 2 aromatic carbocycles. The molecular formula is C21H25N3O3S. The molecular weight excluding hydrogens is 374 g/mol. The maximum atomic E-state index is 10.9. The summed E-state index contributed by atoms with van der Waals surface area (Å²) in [4.78, 5) is 10.6. The van der Waals surface area contributed by atoms with Gasteiger partial charge in [-0.05, 0) is 24.0 Å². The Hall–Kier alpha value is -2.09. The maximum Gasteiger partial charge on any atom is 0.269 e. The number of piperazine rings is 1. The number of nitro benzene ring substituents is 1. The van der Waals surface area contributed by atoms with E-state index in [2.05, 4.69) is 34.7 Å². The molecule has 4 rings (SSSR count). The van der Waals surface area contributed by atoms with Gasteiger partial charge in [0, 0.05) is 43.4 Å². The molecule has 2 aliphatic heterocycles. The molecule has 3 unspecified atom stereocenters. The van der Waals surface area contributed by atoms with Crippen molar-refractivity contribution >= 4 is 17.6 Å². The van der Waals surface area contributed by atoms with Crippen molar-refractivity contribution in [2.75, 3.05) is 26.2 Å². The summed E-state index contributed by atoms with van der Waals surface area (Å²) in [5.74, 6) is 1.28. The number of non-ortho nitro benzene ring substituents is 1. The van der Waals surface area contributed by atoms with Gasteiger partial charge in [0.15, 0.2) is 0 Å². The van der Waals surface area contributed by atoms with Gasteiger partial charge in [0.25, 0.3) is 5.69 Å². The van der Waals surface area contributed by atoms with Crippen LogP contribution in [0.2, 0.25) is 0 Å². The van der Waals surface area contributed by atoms with Gasteiger partial charge in [0.2, 0.25) is 0 Å². The van der Waals surface area contributed by atoms with E-state index in [1.807, 2.05) is 30.1 Å². The molecule has 0 spiro atoms. The lowest BCUT2D eigenvalue weighted by atomic mass is 9.92. The van der Waals surface area contributed by atoms with Gasteiger partial charge in [0.1, 0.15) is 5.75 Å². The first-order valence-corrected chi connectivity index (χ1v) is 10.6. The van der Waals surface area contributed by atoms with E-state index in [-0.39, 0.29) is 16.5 Å². The second-order valence-electron chi connectivity index (χ2n) is 7.32. The second-order valence-corrected chi connectivity index (χ2v) is 8.57. The Bertz CT molecular complexity index is 830. The Kier molecular flexibility index (Phi) is 5.85. The fourth-order valence-corrected chi connectivity index (χ4v) is 5.41. The van der Waals surface area contributed by atoms with Gasteiger partial charge < -0.3 is 10.1 Å². The van der Waals surface area contributed by atoms with Crippen molar-refractivity contribution in [1.82, 2.24) is 9.62 Å². The summed E-state index contributed by atoms with van der Waals surface area (Å²) in [7, 11) is 0. The van der Waals surface area contributed by atoms with E-state index in [4.69, 9.17) is 4.74 Å². The molecule has 3 atom stereocenters. The minimum absolute atomic E-state index is 0.141. The number of ether oxygens (including phenoxy) is 1. The van der Waals surface area contributed by atoms with E-state index in [1.165, 1.54) is 5.56 Å². The molecule has 1 fully saturated rings. The van der Waals surface area contributed by atoms with Gasteiger partial charge in [-0.2, -0.15) is 0 Å². The summed E-state index contributed by atoms with van der Waals surface area (Å²) >= 11 is 1.93. The van der Waals surface area contributed by atoms with E-state index in [9.17, 15) is 10.1 Å². The van der Waals surface area contributed by atoms with Crippen LogP contribution in [0.5, 0.6) is 5.75 Å². The van der Waals surface area contributed by atoms with Crippen molar-refractivity contribution in [3.63, 3.8) is 0 Å². The van der Waals surface area contributed by atoms with Gasteiger partial charge in [-0.15, -0.1) is 0 Å². The number of nitro groups is 1. The highest BCUT2D eigenvalue weighted by Crippen LogP contribution is 2.44. The van der Waals surface area contributed by atoms with E-state index in [0.717, 1.165) is 44.0 Å². The third kappa shape index (κ3) is 4.01. The van der Waals surface area contributed by atoms with Crippen LogP contribution in [0.1, 0.15) is 35.6 Å². The average molecular weight is 400 g/mol. The van der Waals surface area contributed by atoms with Crippen LogP contribution in [0, 0.1) is 10.1 Å². The number of nitrogens with one attached hydrogen (secondary N) is 1. The topological polar surface area (TPSA) is 67.6 Å². The van der Waals surface area contributed by atoms with Gasteiger partial charge in [-0.3, -0.25) is 10.1 Å². The van der Waals surface area contributed by atoms with Crippen LogP contribution in [0.25, 0.3) is 0 Å². The van der Waals surface area contributed by atoms with Crippen LogP contribution < -0.4 is 10.1 Å². The molecule has 6 nitrogen and oxygen atoms in total. The monoisotopic (exact) mass is 399 g/mol. The predicted molar refractivity (Wildman–Crippen MR) is 112 cm³/mol. The number of nitrogens with zero attached hydrogens (tertiary/aromatic N) is 2. The highest BCUT2D eigenvalue weighted by molar-refractivity contribution is 7.97. The van der Waals surface area contributed by atoms with Crippen LogP contribution >= 0.6 is 11.9 Å². The molecule has 0 aromatic heterocycles. The molecule has 0 bridgehead atoms. The molecule has 148 valence electrons. The SMILES string of the molecule is CC(c1ccc([N+](=O)[O-])cc1)C1CNCCN1SC1CCOc2ccccc21. The third-order valence-corrected chi connectivity index (χ3v) is 7.07. The second kappa shape index (κ2) is 8.51. The summed E-state index contributed by atoms with van der Waals surface area (Å²) in [5.41, 5.74) is 2.55. The minimum atomic E-state index is -0.346. The molecule has 7 heteroatoms. The molecule has 2 aliphatic rings. The fourth-order valence-electron chi connectivity index (χ4n) is 3.97. The van der Waals surface area contributed by atoms with E-state index in [0.29, 0.717) is 11.3 Å². The number of hydrogen-bond donors (Lipinski definition) is 1. The molecule has 2 heterocycles. The van der Waals surface area contributed by atoms with Crippen molar-refractivity contribution in [1.29, 1.82) is 0 Å². The highest BCUT2D eigenvalue weighted by Gasteiger charge is 2.32. The zero-order chi connectivity index (χ0) is 19.5. The van der Waals surface area contributed by atoms with Crippen molar-refractivity contribution in [3.05, 3.63) is 69.8 Å². The zero-order valence-electron chi connectivity index (χ0n) is 15.9. The smallest absolute Gasteiger partial charge is 0.269 e. The van der Waals surface area contributed by atoms with E-state index < -0.39 is 0 Å². The third-order valence-electron chi connectivity index (χ3n) is 5.61. The first-order valence-electron chi connectivity index (χ1n) is 9.73. The molecule has 0 radical (unpaired) electrons. The largest absolute Gasteiger partial charge is 0.493 e. The van der Waals surface area contributed by atoms with Crippen molar-refractivity contribution < 1.29 is 9.66 Å². The summed E-state index contributed by atoms with van der Waals surface area (Å²) in [6.07, 6.45) is 1.00. The van der Waals surface area contributed by atoms with Gasteiger partial charge in [0.05, 0.1) is 16.8 Å². The lowest BCUT2D eigenvalue weighted by Gasteiger charge is -2.41. The molecule has 0 amide bonds. The summed E-state index contributed by atoms with van der Waals surface area (Å²) in [6.45, 7) is 5.83. The fraction of sp³-hybridized carbons (Fsp3) is 0.429. The Morgan fingerprint density at radius 1 is 1.25 bits per heavy atom. The molecule has 1 N–H and O–H groups in total. The maximum absolute atomic E-state index is 10.9. The van der Waals surface area contributed by atoms with Crippen LogP contribution in [0.15, 0.2) is 48.5 Å². The van der Waals surface area contributed by atoms with Gasteiger partial charge >= 0.3 is 0 Å². The lowest BCUT2D eigenvalue weighted by Crippen LogP contribution is -2.50. The predicted octanol–water partition coefficient (Wildman–Crippen LogP) is 4.14. The van der Waals surface area contributed by atoms with Crippen molar-refractivity contribution in [3.8, 4) is 5.75 Å². The van der Waals surface area contributed by atoms with Crippen LogP contribution in [0.4, 0.5) is 5.69 Å². The molecule has 28 heavy (non-hydrogen) atoms. The standard InChI is InChI=1S/C21H25N3O3S/c1-15(16-6-8-17(9-7-16)24(25)26)19-14-22-11-12-23(19)28-21-10-13-27-20-5-3-2-4-18(20)21/h2-9,15,19,21-22H,10-14H2,1H3. The highest BCUT2D eigenvalue weighted by atomic mass is 32.2. The normalized spacial score (nSPS) is 23.5. The van der Waals surface area contributed by atoms with E-state index >= 15 is 0 Å². The summed E-state index contributed by atoms with van der Waals surface area (Å²) < 4.78 is 8.33. The Balaban J connectivity index is 1.51. The summed E-state index contributed by atoms with van der Waals surface area (Å²) in [6, 6.07) is 15.7. The number of para-hydroxylation sites is 1. The molecule has 0 aliphatic carbocycles. The van der Waals surface area contributed by atoms with Crippen molar-refractivity contribution in [2.24, 2.45) is 0 Å². The summed E-state index contributed by atoms with van der Waals surface area (Å²) in [5, 5.41) is 14.8. The lowest BCUT2D eigenvalue weighted by molar-refractivity contribution is -0.384. The first kappa shape index (κ1) is 19.2. The average Bonchev–Trinajstić information content (AvgIpc) is 2.74. The Labute approximate surface area is 169 Å². The first-order chi connectivity index (χ1) is 13.6. The Morgan fingerprint density at radius 2 is 2.04 bits per heavy atom. The minimum Gasteiger partial charge on any atom is -0.493 e.